The number of rotatable bonds is 4. The molecule has 0 aliphatic heterocycles. The summed E-state index contributed by atoms with van der Waals surface area (Å²) in [6.45, 7) is 3.28. The van der Waals surface area contributed by atoms with Crippen molar-refractivity contribution in [2.24, 2.45) is 0 Å². The number of phenolic OH excluding ortho intramolecular Hbond substituents is 1. The van der Waals surface area contributed by atoms with Gasteiger partial charge in [0.1, 0.15) is 11.8 Å². The van der Waals surface area contributed by atoms with Crippen LogP contribution >= 0.6 is 0 Å². The van der Waals surface area contributed by atoms with Gasteiger partial charge in [0.25, 0.3) is 5.91 Å². The van der Waals surface area contributed by atoms with Gasteiger partial charge in [0, 0.05) is 11.1 Å². The fourth-order valence-corrected chi connectivity index (χ4v) is 1.44. The Kier molecular flexibility index (Phi) is 4.09. The third kappa shape index (κ3) is 2.96. The topological polar surface area (TPSA) is 86.6 Å². The maximum absolute atomic E-state index is 11.8. The van der Waals surface area contributed by atoms with Crippen LogP contribution in [-0.2, 0) is 4.79 Å². The van der Waals surface area contributed by atoms with E-state index in [1.165, 1.54) is 6.07 Å². The lowest BCUT2D eigenvalue weighted by Gasteiger charge is -2.13. The predicted octanol–water partition coefficient (Wildman–Crippen LogP) is 1.29. The first-order valence-corrected chi connectivity index (χ1v) is 5.29. The Labute approximate surface area is 99.1 Å². The number of carboxylic acid groups (broad SMARTS) is 1. The zero-order chi connectivity index (χ0) is 13.0. The van der Waals surface area contributed by atoms with Crippen molar-refractivity contribution in [3.8, 4) is 5.75 Å². The lowest BCUT2D eigenvalue weighted by Crippen LogP contribution is -2.40. The third-order valence-electron chi connectivity index (χ3n) is 2.56. The maximum atomic E-state index is 11.8. The van der Waals surface area contributed by atoms with E-state index in [0.29, 0.717) is 12.0 Å². The van der Waals surface area contributed by atoms with Crippen molar-refractivity contribution in [3.63, 3.8) is 0 Å². The Balaban J connectivity index is 2.90. The van der Waals surface area contributed by atoms with E-state index in [0.717, 1.165) is 0 Å². The molecule has 0 aromatic heterocycles. The predicted molar refractivity (Wildman–Crippen MR) is 62.0 cm³/mol. The molecule has 0 bridgehead atoms. The first kappa shape index (κ1) is 13.0. The van der Waals surface area contributed by atoms with Crippen molar-refractivity contribution in [3.05, 3.63) is 29.3 Å². The molecule has 0 saturated carbocycles. The molecule has 0 heterocycles. The molecule has 1 unspecified atom stereocenters. The lowest BCUT2D eigenvalue weighted by atomic mass is 10.1. The molecule has 5 heteroatoms. The van der Waals surface area contributed by atoms with Gasteiger partial charge in [-0.3, -0.25) is 4.79 Å². The van der Waals surface area contributed by atoms with Crippen LogP contribution < -0.4 is 5.32 Å². The molecular formula is C12H15NO4. The van der Waals surface area contributed by atoms with Gasteiger partial charge in [-0.1, -0.05) is 13.0 Å². The molecule has 0 fully saturated rings. The van der Waals surface area contributed by atoms with Gasteiger partial charge in [-0.2, -0.15) is 0 Å². The molecule has 5 nitrogen and oxygen atoms in total. The van der Waals surface area contributed by atoms with E-state index in [1.807, 2.05) is 0 Å². The summed E-state index contributed by atoms with van der Waals surface area (Å²) in [5.41, 5.74) is 0.718. The fraction of sp³-hybridized carbons (Fsp3) is 0.333. The molecule has 1 atom stereocenters. The number of carbonyl (C=O) groups excluding carboxylic acids is 1. The number of carbonyl (C=O) groups is 2. The standard InChI is InChI=1S/C12H15NO4/c1-3-9(12(16)17)13-11(15)8-5-4-6-10(14)7(8)2/h4-6,9,14H,3H2,1-2H3,(H,13,15)(H,16,17). The lowest BCUT2D eigenvalue weighted by molar-refractivity contribution is -0.139. The molecule has 0 radical (unpaired) electrons. The monoisotopic (exact) mass is 237 g/mol. The van der Waals surface area contributed by atoms with Crippen molar-refractivity contribution in [1.29, 1.82) is 0 Å². The van der Waals surface area contributed by atoms with Gasteiger partial charge in [-0.15, -0.1) is 0 Å². The number of hydrogen-bond acceptors (Lipinski definition) is 3. The van der Waals surface area contributed by atoms with E-state index >= 15 is 0 Å². The highest BCUT2D eigenvalue weighted by molar-refractivity contribution is 5.98. The molecule has 3 N–H and O–H groups in total. The Morgan fingerprint density at radius 1 is 1.41 bits per heavy atom. The number of aliphatic carboxylic acids is 1. The highest BCUT2D eigenvalue weighted by atomic mass is 16.4. The molecular weight excluding hydrogens is 222 g/mol. The van der Waals surface area contributed by atoms with Gasteiger partial charge in [0.15, 0.2) is 0 Å². The highest BCUT2D eigenvalue weighted by Gasteiger charge is 2.19. The van der Waals surface area contributed by atoms with Crippen molar-refractivity contribution in [2.45, 2.75) is 26.3 Å². The van der Waals surface area contributed by atoms with Gasteiger partial charge >= 0.3 is 5.97 Å². The van der Waals surface area contributed by atoms with E-state index in [4.69, 9.17) is 5.11 Å². The van der Waals surface area contributed by atoms with Crippen LogP contribution in [0.4, 0.5) is 0 Å². The first-order chi connectivity index (χ1) is 7.97. The minimum absolute atomic E-state index is 0.0148. The molecule has 1 amide bonds. The summed E-state index contributed by atoms with van der Waals surface area (Å²) >= 11 is 0. The molecule has 17 heavy (non-hydrogen) atoms. The average Bonchev–Trinajstić information content (AvgIpc) is 2.28. The number of amides is 1. The summed E-state index contributed by atoms with van der Waals surface area (Å²) < 4.78 is 0. The van der Waals surface area contributed by atoms with Crippen molar-refractivity contribution < 1.29 is 19.8 Å². The number of benzene rings is 1. The van der Waals surface area contributed by atoms with Crippen molar-refractivity contribution in [2.75, 3.05) is 0 Å². The average molecular weight is 237 g/mol. The van der Waals surface area contributed by atoms with Gasteiger partial charge in [-0.25, -0.2) is 4.79 Å². The number of phenols is 1. The number of carboxylic acids is 1. The van der Waals surface area contributed by atoms with Crippen LogP contribution in [0.3, 0.4) is 0 Å². The Morgan fingerprint density at radius 2 is 2.06 bits per heavy atom. The smallest absolute Gasteiger partial charge is 0.326 e. The number of nitrogens with one attached hydrogen (secondary N) is 1. The second kappa shape index (κ2) is 5.34. The summed E-state index contributed by atoms with van der Waals surface area (Å²) in [5, 5.41) is 20.7. The normalized spacial score (nSPS) is 11.9. The van der Waals surface area contributed by atoms with Gasteiger partial charge in [0.05, 0.1) is 0 Å². The molecule has 0 aliphatic rings. The van der Waals surface area contributed by atoms with Crippen LogP contribution in [-0.4, -0.2) is 28.1 Å². The zero-order valence-electron chi connectivity index (χ0n) is 9.73. The molecule has 0 saturated heterocycles. The van der Waals surface area contributed by atoms with Crippen LogP contribution in [0, 0.1) is 6.92 Å². The quantitative estimate of drug-likeness (QED) is 0.736. The summed E-state index contributed by atoms with van der Waals surface area (Å²) in [6, 6.07) is 3.64. The van der Waals surface area contributed by atoms with Crippen LogP contribution in [0.15, 0.2) is 18.2 Å². The van der Waals surface area contributed by atoms with Crippen LogP contribution in [0.25, 0.3) is 0 Å². The summed E-state index contributed by atoms with van der Waals surface area (Å²) in [6.07, 6.45) is 0.305. The Hall–Kier alpha value is -2.04. The Bertz CT molecular complexity index is 442. The molecule has 92 valence electrons. The van der Waals surface area contributed by atoms with Gasteiger partial charge in [-0.05, 0) is 25.5 Å². The van der Waals surface area contributed by atoms with Crippen molar-refractivity contribution >= 4 is 11.9 Å². The van der Waals surface area contributed by atoms with Crippen molar-refractivity contribution in [1.82, 2.24) is 5.32 Å². The molecule has 1 aromatic rings. The summed E-state index contributed by atoms with van der Waals surface area (Å²) in [5.74, 6) is -1.55. The third-order valence-corrected chi connectivity index (χ3v) is 2.56. The van der Waals surface area contributed by atoms with E-state index in [9.17, 15) is 14.7 Å². The van der Waals surface area contributed by atoms with Gasteiger partial charge in [0.2, 0.25) is 0 Å². The fourth-order valence-electron chi connectivity index (χ4n) is 1.44. The Morgan fingerprint density at radius 3 is 2.59 bits per heavy atom. The molecule has 1 rings (SSSR count). The molecule has 0 spiro atoms. The highest BCUT2D eigenvalue weighted by Crippen LogP contribution is 2.19. The largest absolute Gasteiger partial charge is 0.508 e. The second-order valence-electron chi connectivity index (χ2n) is 3.72. The summed E-state index contributed by atoms with van der Waals surface area (Å²) in [7, 11) is 0. The first-order valence-electron chi connectivity index (χ1n) is 5.29. The van der Waals surface area contributed by atoms with Gasteiger partial charge < -0.3 is 15.5 Å². The zero-order valence-corrected chi connectivity index (χ0v) is 9.73. The molecule has 1 aromatic carbocycles. The maximum Gasteiger partial charge on any atom is 0.326 e. The van der Waals surface area contributed by atoms with E-state index in [2.05, 4.69) is 5.32 Å². The van der Waals surface area contributed by atoms with Crippen LogP contribution in [0.5, 0.6) is 5.75 Å². The minimum atomic E-state index is -1.07. The summed E-state index contributed by atoms with van der Waals surface area (Å²) in [4.78, 5) is 22.6. The number of aromatic hydroxyl groups is 1. The second-order valence-corrected chi connectivity index (χ2v) is 3.72. The van der Waals surface area contributed by atoms with E-state index in [1.54, 1.807) is 26.0 Å². The van der Waals surface area contributed by atoms with E-state index < -0.39 is 17.9 Å². The van der Waals surface area contributed by atoms with Crippen LogP contribution in [0.2, 0.25) is 0 Å². The van der Waals surface area contributed by atoms with Crippen LogP contribution in [0.1, 0.15) is 29.3 Å². The SMILES string of the molecule is CCC(NC(=O)c1cccc(O)c1C)C(=O)O. The number of hydrogen-bond donors (Lipinski definition) is 3. The minimum Gasteiger partial charge on any atom is -0.508 e. The van der Waals surface area contributed by atoms with E-state index in [-0.39, 0.29) is 11.3 Å². The molecule has 0 aliphatic carbocycles.